The Balaban J connectivity index is 2.30. The van der Waals surface area contributed by atoms with Crippen LogP contribution in [0, 0.1) is 11.8 Å². The Morgan fingerprint density at radius 2 is 2.05 bits per heavy atom. The Kier molecular flexibility index (Phi) is 5.08. The second kappa shape index (κ2) is 7.22. The van der Waals surface area contributed by atoms with Crippen molar-refractivity contribution in [3.63, 3.8) is 0 Å². The van der Waals surface area contributed by atoms with E-state index in [-0.39, 0.29) is 12.5 Å². The lowest BCUT2D eigenvalue weighted by atomic mass is 10.1. The van der Waals surface area contributed by atoms with Crippen LogP contribution in [0.2, 0.25) is 0 Å². The van der Waals surface area contributed by atoms with Gasteiger partial charge in [0.15, 0.2) is 0 Å². The zero-order valence-electron chi connectivity index (χ0n) is 11.8. The van der Waals surface area contributed by atoms with Crippen molar-refractivity contribution in [3.05, 3.63) is 59.9 Å². The van der Waals surface area contributed by atoms with Crippen LogP contribution in [0.5, 0.6) is 0 Å². The minimum absolute atomic E-state index is 0.000456. The molecule has 1 N–H and O–H groups in total. The fourth-order valence-corrected chi connectivity index (χ4v) is 1.84. The Labute approximate surface area is 124 Å². The molecule has 106 valence electrons. The Bertz CT molecular complexity index is 672. The smallest absolute Gasteiger partial charge is 0.259 e. The molecule has 0 saturated carbocycles. The molecule has 4 heteroatoms. The van der Waals surface area contributed by atoms with Crippen LogP contribution >= 0.6 is 0 Å². The van der Waals surface area contributed by atoms with Crippen LogP contribution in [0.15, 0.2) is 48.8 Å². The second-order valence-electron chi connectivity index (χ2n) is 4.40. The minimum Gasteiger partial charge on any atom is -0.395 e. The van der Waals surface area contributed by atoms with Crippen LogP contribution in [-0.4, -0.2) is 29.7 Å². The highest BCUT2D eigenvalue weighted by molar-refractivity contribution is 6.07. The SMILES string of the molecule is CN(C(=O)c1ccncc1C#CCCO)c1ccccc1. The molecule has 0 fully saturated rings. The standard InChI is InChI=1S/C17H16N2O2/c1-19(15-8-3-2-4-9-15)17(21)16-10-11-18-13-14(16)7-5-6-12-20/h2-4,8-11,13,20H,6,12H2,1H3. The Hall–Kier alpha value is -2.64. The van der Waals surface area contributed by atoms with Crippen LogP contribution in [0.4, 0.5) is 5.69 Å². The molecule has 2 aromatic rings. The van der Waals surface area contributed by atoms with Crippen molar-refractivity contribution in [2.45, 2.75) is 6.42 Å². The number of aliphatic hydroxyl groups excluding tert-OH is 1. The summed E-state index contributed by atoms with van der Waals surface area (Å²) in [5.41, 5.74) is 1.88. The van der Waals surface area contributed by atoms with E-state index >= 15 is 0 Å². The zero-order chi connectivity index (χ0) is 15.1. The number of aliphatic hydroxyl groups is 1. The number of carbonyl (C=O) groups excluding carboxylic acids is 1. The monoisotopic (exact) mass is 280 g/mol. The van der Waals surface area contributed by atoms with E-state index in [4.69, 9.17) is 5.11 Å². The van der Waals surface area contributed by atoms with Crippen molar-refractivity contribution in [3.8, 4) is 11.8 Å². The largest absolute Gasteiger partial charge is 0.395 e. The maximum absolute atomic E-state index is 12.6. The minimum atomic E-state index is -0.142. The lowest BCUT2D eigenvalue weighted by Crippen LogP contribution is -2.26. The van der Waals surface area contributed by atoms with Crippen molar-refractivity contribution >= 4 is 11.6 Å². The summed E-state index contributed by atoms with van der Waals surface area (Å²) < 4.78 is 0. The summed E-state index contributed by atoms with van der Waals surface area (Å²) in [7, 11) is 1.73. The van der Waals surface area contributed by atoms with Gasteiger partial charge in [0.05, 0.1) is 17.7 Å². The maximum atomic E-state index is 12.6. The van der Waals surface area contributed by atoms with Crippen molar-refractivity contribution in [1.82, 2.24) is 4.98 Å². The summed E-state index contributed by atoms with van der Waals surface area (Å²) in [6.45, 7) is 0.000456. The predicted octanol–water partition coefficient (Wildman–Crippen LogP) is 2.09. The van der Waals surface area contributed by atoms with Crippen LogP contribution in [0.3, 0.4) is 0 Å². The van der Waals surface area contributed by atoms with Crippen molar-refractivity contribution in [2.75, 3.05) is 18.6 Å². The van der Waals surface area contributed by atoms with Gasteiger partial charge in [0.1, 0.15) is 0 Å². The van der Waals surface area contributed by atoms with E-state index in [1.165, 1.54) is 0 Å². The van der Waals surface area contributed by atoms with Crippen LogP contribution in [-0.2, 0) is 0 Å². The molecule has 1 amide bonds. The number of nitrogens with zero attached hydrogens (tertiary/aromatic N) is 2. The predicted molar refractivity (Wildman–Crippen MR) is 82.0 cm³/mol. The van der Waals surface area contributed by atoms with Crippen LogP contribution in [0.1, 0.15) is 22.3 Å². The Morgan fingerprint density at radius 3 is 2.76 bits per heavy atom. The number of benzene rings is 1. The van der Waals surface area contributed by atoms with Gasteiger partial charge in [0, 0.05) is 31.5 Å². The molecule has 1 aromatic heterocycles. The number of carbonyl (C=O) groups is 1. The van der Waals surface area contributed by atoms with Crippen molar-refractivity contribution in [1.29, 1.82) is 0 Å². The van der Waals surface area contributed by atoms with Gasteiger partial charge in [-0.05, 0) is 18.2 Å². The quantitative estimate of drug-likeness (QED) is 0.876. The first-order valence-corrected chi connectivity index (χ1v) is 6.61. The van der Waals surface area contributed by atoms with Gasteiger partial charge in [-0.25, -0.2) is 0 Å². The molecule has 1 heterocycles. The number of hydrogen-bond donors (Lipinski definition) is 1. The molecule has 0 atom stereocenters. The maximum Gasteiger partial charge on any atom is 0.259 e. The average Bonchev–Trinajstić information content (AvgIpc) is 2.55. The number of aromatic nitrogens is 1. The van der Waals surface area contributed by atoms with Gasteiger partial charge in [0.2, 0.25) is 0 Å². The topological polar surface area (TPSA) is 53.4 Å². The number of anilines is 1. The molecule has 0 bridgehead atoms. The van der Waals surface area contributed by atoms with Crippen molar-refractivity contribution < 1.29 is 9.90 Å². The summed E-state index contributed by atoms with van der Waals surface area (Å²) in [6, 6.07) is 11.1. The number of rotatable bonds is 3. The van der Waals surface area contributed by atoms with E-state index < -0.39 is 0 Å². The molecule has 0 saturated heterocycles. The van der Waals surface area contributed by atoms with Crippen molar-refractivity contribution in [2.24, 2.45) is 0 Å². The molecular weight excluding hydrogens is 264 g/mol. The summed E-state index contributed by atoms with van der Waals surface area (Å²) in [5, 5.41) is 8.77. The summed E-state index contributed by atoms with van der Waals surface area (Å²) in [4.78, 5) is 18.2. The van der Waals surface area contributed by atoms with E-state index in [2.05, 4.69) is 16.8 Å². The lowest BCUT2D eigenvalue weighted by Gasteiger charge is -2.17. The number of pyridine rings is 1. The fourth-order valence-electron chi connectivity index (χ4n) is 1.84. The molecule has 4 nitrogen and oxygen atoms in total. The lowest BCUT2D eigenvalue weighted by molar-refractivity contribution is 0.0992. The fraction of sp³-hybridized carbons (Fsp3) is 0.176. The number of amides is 1. The molecule has 0 radical (unpaired) electrons. The van der Waals surface area contributed by atoms with Gasteiger partial charge in [-0.1, -0.05) is 30.0 Å². The van der Waals surface area contributed by atoms with Gasteiger partial charge in [-0.3, -0.25) is 9.78 Å². The van der Waals surface area contributed by atoms with Gasteiger partial charge in [0.25, 0.3) is 5.91 Å². The van der Waals surface area contributed by atoms with Gasteiger partial charge < -0.3 is 10.0 Å². The van der Waals surface area contributed by atoms with E-state index in [1.807, 2.05) is 30.3 Å². The van der Waals surface area contributed by atoms with E-state index in [0.29, 0.717) is 17.5 Å². The highest BCUT2D eigenvalue weighted by Crippen LogP contribution is 2.16. The second-order valence-corrected chi connectivity index (χ2v) is 4.40. The Morgan fingerprint density at radius 1 is 1.29 bits per heavy atom. The molecule has 0 unspecified atom stereocenters. The van der Waals surface area contributed by atoms with E-state index in [0.717, 1.165) is 5.69 Å². The zero-order valence-corrected chi connectivity index (χ0v) is 11.8. The van der Waals surface area contributed by atoms with Crippen LogP contribution < -0.4 is 4.90 Å². The van der Waals surface area contributed by atoms with Gasteiger partial charge in [-0.2, -0.15) is 0 Å². The highest BCUT2D eigenvalue weighted by Gasteiger charge is 2.16. The molecule has 0 spiro atoms. The first-order chi connectivity index (χ1) is 10.2. The summed E-state index contributed by atoms with van der Waals surface area (Å²) >= 11 is 0. The molecule has 1 aromatic carbocycles. The normalized spacial score (nSPS) is 9.62. The highest BCUT2D eigenvalue weighted by atomic mass is 16.2. The van der Waals surface area contributed by atoms with Crippen LogP contribution in [0.25, 0.3) is 0 Å². The summed E-state index contributed by atoms with van der Waals surface area (Å²) in [5.74, 6) is 5.55. The first-order valence-electron chi connectivity index (χ1n) is 6.61. The van der Waals surface area contributed by atoms with Gasteiger partial charge >= 0.3 is 0 Å². The summed E-state index contributed by atoms with van der Waals surface area (Å²) in [6.07, 6.45) is 3.51. The molecule has 0 aliphatic carbocycles. The molecular formula is C17H16N2O2. The number of para-hydroxylation sites is 1. The molecule has 21 heavy (non-hydrogen) atoms. The third-order valence-electron chi connectivity index (χ3n) is 2.96. The molecule has 2 rings (SSSR count). The average molecular weight is 280 g/mol. The van der Waals surface area contributed by atoms with E-state index in [9.17, 15) is 4.79 Å². The molecule has 0 aliphatic rings. The first kappa shape index (κ1) is 14.8. The number of hydrogen-bond acceptors (Lipinski definition) is 3. The third-order valence-corrected chi connectivity index (χ3v) is 2.96. The third kappa shape index (κ3) is 3.68. The van der Waals surface area contributed by atoms with Gasteiger partial charge in [-0.15, -0.1) is 0 Å². The molecule has 0 aliphatic heterocycles. The van der Waals surface area contributed by atoms with E-state index in [1.54, 1.807) is 30.4 Å².